The molecule has 0 bridgehead atoms. The van der Waals surface area contributed by atoms with E-state index < -0.39 is 0 Å². The maximum Gasteiger partial charge on any atom is 0.270 e. The van der Waals surface area contributed by atoms with E-state index in [1.807, 2.05) is 19.1 Å². The molecule has 4 nitrogen and oxygen atoms in total. The molecule has 0 aromatic carbocycles. The predicted octanol–water partition coefficient (Wildman–Crippen LogP) is 3.89. The molecule has 0 unspecified atom stereocenters. The van der Waals surface area contributed by atoms with Gasteiger partial charge in [-0.1, -0.05) is 18.2 Å². The first-order valence-corrected chi connectivity index (χ1v) is 8.77. The topological polar surface area (TPSA) is 45.2 Å². The maximum absolute atomic E-state index is 12.1. The van der Waals surface area contributed by atoms with Gasteiger partial charge in [-0.15, -0.1) is 36.2 Å². The SMILES string of the molecule is C[C@H](CN1CC=C(c2cccs2)CC1)NC(=O)c1ccccn1.Cl.Cl. The van der Waals surface area contributed by atoms with Crippen LogP contribution in [0.2, 0.25) is 0 Å². The number of carbonyl (C=O) groups excluding carboxylic acids is 1. The average Bonchev–Trinajstić information content (AvgIpc) is 3.11. The molecular weight excluding hydrogens is 377 g/mol. The number of pyridine rings is 1. The zero-order valence-electron chi connectivity index (χ0n) is 14.1. The number of carbonyl (C=O) groups is 1. The van der Waals surface area contributed by atoms with Crippen LogP contribution in [-0.2, 0) is 0 Å². The molecule has 1 aliphatic heterocycles. The van der Waals surface area contributed by atoms with Crippen molar-refractivity contribution in [3.63, 3.8) is 0 Å². The first-order chi connectivity index (χ1) is 11.2. The number of aromatic nitrogens is 1. The van der Waals surface area contributed by atoms with Crippen LogP contribution in [0.25, 0.3) is 5.57 Å². The third-order valence-corrected chi connectivity index (χ3v) is 4.88. The van der Waals surface area contributed by atoms with E-state index in [1.165, 1.54) is 10.5 Å². The molecule has 1 amide bonds. The Kier molecular flexibility index (Phi) is 9.14. The molecule has 0 saturated carbocycles. The van der Waals surface area contributed by atoms with Crippen molar-refractivity contribution in [3.8, 4) is 0 Å². The van der Waals surface area contributed by atoms with Gasteiger partial charge in [0, 0.05) is 36.8 Å². The summed E-state index contributed by atoms with van der Waals surface area (Å²) in [5.41, 5.74) is 1.92. The summed E-state index contributed by atoms with van der Waals surface area (Å²) in [6, 6.07) is 9.75. The minimum atomic E-state index is -0.107. The Morgan fingerprint density at radius 2 is 2.16 bits per heavy atom. The highest BCUT2D eigenvalue weighted by atomic mass is 35.5. The first-order valence-electron chi connectivity index (χ1n) is 7.89. The van der Waals surface area contributed by atoms with E-state index in [1.54, 1.807) is 23.6 Å². The van der Waals surface area contributed by atoms with Crippen LogP contribution in [0.4, 0.5) is 0 Å². The zero-order valence-corrected chi connectivity index (χ0v) is 16.5. The molecule has 1 aliphatic rings. The Hall–Kier alpha value is -1.40. The highest BCUT2D eigenvalue weighted by molar-refractivity contribution is 7.11. The fraction of sp³-hybridized carbons (Fsp3) is 0.333. The van der Waals surface area contributed by atoms with Gasteiger partial charge >= 0.3 is 0 Å². The summed E-state index contributed by atoms with van der Waals surface area (Å²) in [5.74, 6) is -0.107. The van der Waals surface area contributed by atoms with Gasteiger partial charge in [0.05, 0.1) is 0 Å². The van der Waals surface area contributed by atoms with Gasteiger partial charge in [0.1, 0.15) is 5.69 Å². The molecule has 0 spiro atoms. The van der Waals surface area contributed by atoms with E-state index in [-0.39, 0.29) is 36.8 Å². The summed E-state index contributed by atoms with van der Waals surface area (Å²) in [6.07, 6.45) is 5.02. The van der Waals surface area contributed by atoms with Crippen molar-refractivity contribution in [2.24, 2.45) is 0 Å². The van der Waals surface area contributed by atoms with Crippen LogP contribution >= 0.6 is 36.2 Å². The molecule has 136 valence electrons. The van der Waals surface area contributed by atoms with Gasteiger partial charge in [-0.25, -0.2) is 0 Å². The normalized spacial score (nSPS) is 15.3. The molecule has 2 aromatic rings. The monoisotopic (exact) mass is 399 g/mol. The Labute approximate surface area is 165 Å². The van der Waals surface area contributed by atoms with Crippen molar-refractivity contribution < 1.29 is 4.79 Å². The smallest absolute Gasteiger partial charge is 0.270 e. The number of hydrogen-bond acceptors (Lipinski definition) is 4. The summed E-state index contributed by atoms with van der Waals surface area (Å²) in [5, 5.41) is 5.14. The summed E-state index contributed by atoms with van der Waals surface area (Å²) in [4.78, 5) is 19.9. The number of nitrogens with one attached hydrogen (secondary N) is 1. The molecule has 0 fully saturated rings. The van der Waals surface area contributed by atoms with Gasteiger partial charge < -0.3 is 5.32 Å². The lowest BCUT2D eigenvalue weighted by atomic mass is 10.1. The van der Waals surface area contributed by atoms with Crippen molar-refractivity contribution in [2.75, 3.05) is 19.6 Å². The molecule has 3 heterocycles. The van der Waals surface area contributed by atoms with Crippen LogP contribution in [-0.4, -0.2) is 41.5 Å². The van der Waals surface area contributed by atoms with Crippen LogP contribution < -0.4 is 5.32 Å². The molecule has 0 radical (unpaired) electrons. The summed E-state index contributed by atoms with van der Waals surface area (Å²) >= 11 is 1.80. The third kappa shape index (κ3) is 6.12. The number of thiophene rings is 1. The third-order valence-electron chi connectivity index (χ3n) is 3.94. The van der Waals surface area contributed by atoms with Crippen molar-refractivity contribution in [3.05, 3.63) is 58.6 Å². The number of halogens is 2. The maximum atomic E-state index is 12.1. The van der Waals surface area contributed by atoms with Gasteiger partial charge in [0.25, 0.3) is 5.91 Å². The molecule has 0 aliphatic carbocycles. The Morgan fingerprint density at radius 1 is 1.32 bits per heavy atom. The molecule has 1 N–H and O–H groups in total. The second-order valence-corrected chi connectivity index (χ2v) is 6.75. The fourth-order valence-corrected chi connectivity index (χ4v) is 3.59. The summed E-state index contributed by atoms with van der Waals surface area (Å²) in [6.45, 7) is 4.87. The van der Waals surface area contributed by atoms with E-state index in [9.17, 15) is 4.79 Å². The highest BCUT2D eigenvalue weighted by Crippen LogP contribution is 2.25. The van der Waals surface area contributed by atoms with Crippen LogP contribution in [0.1, 0.15) is 28.7 Å². The van der Waals surface area contributed by atoms with E-state index in [0.29, 0.717) is 5.69 Å². The van der Waals surface area contributed by atoms with Crippen molar-refractivity contribution in [2.45, 2.75) is 19.4 Å². The standard InChI is InChI=1S/C18H21N3OS.2ClH/c1-14(20-18(22)16-5-2-3-9-19-16)13-21-10-7-15(8-11-21)17-6-4-12-23-17;;/h2-7,9,12,14H,8,10-11,13H2,1H3,(H,20,22);2*1H/t14-;;/m1../s1. The van der Waals surface area contributed by atoms with Crippen LogP contribution in [0.15, 0.2) is 48.0 Å². The van der Waals surface area contributed by atoms with Crippen molar-refractivity contribution >= 4 is 47.6 Å². The molecular formula is C18H23Cl2N3OS. The van der Waals surface area contributed by atoms with Crippen LogP contribution in [0.5, 0.6) is 0 Å². The Balaban J connectivity index is 0.00000156. The van der Waals surface area contributed by atoms with Gasteiger partial charge in [0.2, 0.25) is 0 Å². The minimum Gasteiger partial charge on any atom is -0.347 e. The number of nitrogens with zero attached hydrogens (tertiary/aromatic N) is 2. The lowest BCUT2D eigenvalue weighted by Gasteiger charge is -2.28. The predicted molar refractivity (Wildman–Crippen MR) is 109 cm³/mol. The molecule has 1 atom stereocenters. The molecule has 7 heteroatoms. The minimum absolute atomic E-state index is 0. The second-order valence-electron chi connectivity index (χ2n) is 5.81. The van der Waals surface area contributed by atoms with E-state index >= 15 is 0 Å². The zero-order chi connectivity index (χ0) is 16.1. The lowest BCUT2D eigenvalue weighted by Crippen LogP contribution is -2.43. The van der Waals surface area contributed by atoms with Crippen LogP contribution in [0.3, 0.4) is 0 Å². The van der Waals surface area contributed by atoms with E-state index in [4.69, 9.17) is 0 Å². The van der Waals surface area contributed by atoms with Gasteiger partial charge in [-0.05, 0) is 42.5 Å². The molecule has 2 aromatic heterocycles. The number of rotatable bonds is 5. The Morgan fingerprint density at radius 3 is 2.76 bits per heavy atom. The largest absolute Gasteiger partial charge is 0.347 e. The van der Waals surface area contributed by atoms with E-state index in [0.717, 1.165) is 26.1 Å². The van der Waals surface area contributed by atoms with Crippen molar-refractivity contribution in [1.82, 2.24) is 15.2 Å². The first kappa shape index (κ1) is 21.6. The molecule has 25 heavy (non-hydrogen) atoms. The molecule has 0 saturated heterocycles. The number of hydrogen-bond donors (Lipinski definition) is 1. The van der Waals surface area contributed by atoms with Gasteiger partial charge in [-0.2, -0.15) is 0 Å². The second kappa shape index (κ2) is 10.6. The lowest BCUT2D eigenvalue weighted by molar-refractivity contribution is 0.0925. The van der Waals surface area contributed by atoms with Crippen LogP contribution in [0, 0.1) is 0 Å². The van der Waals surface area contributed by atoms with Crippen molar-refractivity contribution in [1.29, 1.82) is 0 Å². The fourth-order valence-electron chi connectivity index (χ4n) is 2.79. The average molecular weight is 400 g/mol. The number of amides is 1. The Bertz CT molecular complexity index is 677. The molecule has 3 rings (SSSR count). The van der Waals surface area contributed by atoms with Gasteiger partial charge in [0.15, 0.2) is 0 Å². The summed E-state index contributed by atoms with van der Waals surface area (Å²) < 4.78 is 0. The summed E-state index contributed by atoms with van der Waals surface area (Å²) in [7, 11) is 0. The van der Waals surface area contributed by atoms with Gasteiger partial charge in [-0.3, -0.25) is 14.7 Å². The van der Waals surface area contributed by atoms with E-state index in [2.05, 4.69) is 38.8 Å². The highest BCUT2D eigenvalue weighted by Gasteiger charge is 2.17. The quantitative estimate of drug-likeness (QED) is 0.828.